The van der Waals surface area contributed by atoms with Gasteiger partial charge in [0.2, 0.25) is 0 Å². The van der Waals surface area contributed by atoms with Gasteiger partial charge >= 0.3 is 0 Å². The lowest BCUT2D eigenvalue weighted by Gasteiger charge is -2.43. The Labute approximate surface area is 173 Å². The number of hydrogen-bond donors (Lipinski definition) is 0. The van der Waals surface area contributed by atoms with Crippen LogP contribution in [0.2, 0.25) is 6.04 Å². The van der Waals surface area contributed by atoms with Gasteiger partial charge in [-0.25, -0.2) is 0 Å². The SMILES string of the molecule is CCCN(C)CC(CC[SiH2]OC(C)(C)C)(CN(C)CCC)CN(C)CCC. The van der Waals surface area contributed by atoms with Crippen LogP contribution >= 0.6 is 0 Å². The van der Waals surface area contributed by atoms with Gasteiger partial charge in [0.05, 0.1) is 0 Å². The van der Waals surface area contributed by atoms with Crippen molar-refractivity contribution >= 4 is 9.76 Å². The predicted molar refractivity (Wildman–Crippen MR) is 125 cm³/mol. The zero-order valence-electron chi connectivity index (χ0n) is 20.2. The Bertz CT molecular complexity index is 324. The van der Waals surface area contributed by atoms with Gasteiger partial charge in [0.1, 0.15) is 0 Å². The lowest BCUT2D eigenvalue weighted by Crippen LogP contribution is -2.50. The molecular formula is C22H51N3OSi. The zero-order valence-corrected chi connectivity index (χ0v) is 21.6. The van der Waals surface area contributed by atoms with Crippen LogP contribution in [0.4, 0.5) is 0 Å². The third-order valence-electron chi connectivity index (χ3n) is 5.02. The van der Waals surface area contributed by atoms with Gasteiger partial charge in [0, 0.05) is 30.7 Å². The molecule has 0 N–H and O–H groups in total. The summed E-state index contributed by atoms with van der Waals surface area (Å²) in [5, 5.41) is 0. The lowest BCUT2D eigenvalue weighted by atomic mass is 9.82. The smallest absolute Gasteiger partial charge is 0.162 e. The number of rotatable bonds is 16. The Balaban J connectivity index is 5.26. The van der Waals surface area contributed by atoms with Crippen molar-refractivity contribution in [3.8, 4) is 0 Å². The Morgan fingerprint density at radius 3 is 1.37 bits per heavy atom. The van der Waals surface area contributed by atoms with Gasteiger partial charge < -0.3 is 19.1 Å². The second-order valence-electron chi connectivity index (χ2n) is 9.78. The summed E-state index contributed by atoms with van der Waals surface area (Å²) in [4.78, 5) is 7.68. The van der Waals surface area contributed by atoms with Crippen molar-refractivity contribution in [2.45, 2.75) is 78.9 Å². The maximum absolute atomic E-state index is 6.18. The minimum Gasteiger partial charge on any atom is -0.419 e. The molecule has 0 rings (SSSR count). The van der Waals surface area contributed by atoms with Crippen LogP contribution in [-0.4, -0.2) is 90.5 Å². The molecule has 0 atom stereocenters. The van der Waals surface area contributed by atoms with Gasteiger partial charge in [0.25, 0.3) is 0 Å². The molecule has 27 heavy (non-hydrogen) atoms. The molecule has 0 unspecified atom stereocenters. The van der Waals surface area contributed by atoms with E-state index >= 15 is 0 Å². The second kappa shape index (κ2) is 14.1. The van der Waals surface area contributed by atoms with Crippen LogP contribution < -0.4 is 0 Å². The van der Waals surface area contributed by atoms with Crippen molar-refractivity contribution < 1.29 is 4.43 Å². The summed E-state index contributed by atoms with van der Waals surface area (Å²) in [6.45, 7) is 20.5. The molecule has 0 aliphatic carbocycles. The molecule has 0 saturated carbocycles. The van der Waals surface area contributed by atoms with Gasteiger partial charge in [-0.15, -0.1) is 0 Å². The highest BCUT2D eigenvalue weighted by atomic mass is 28.2. The molecule has 0 heterocycles. The van der Waals surface area contributed by atoms with Crippen molar-refractivity contribution in [2.75, 3.05) is 60.4 Å². The van der Waals surface area contributed by atoms with Crippen LogP contribution in [0.15, 0.2) is 0 Å². The van der Waals surface area contributed by atoms with E-state index in [0.717, 1.165) is 0 Å². The Morgan fingerprint density at radius 2 is 1.07 bits per heavy atom. The summed E-state index contributed by atoms with van der Waals surface area (Å²) >= 11 is 0. The molecule has 0 bridgehead atoms. The molecule has 0 radical (unpaired) electrons. The molecule has 0 aromatic rings. The van der Waals surface area contributed by atoms with E-state index in [0.29, 0.717) is 5.41 Å². The fourth-order valence-corrected chi connectivity index (χ4v) is 5.96. The highest BCUT2D eigenvalue weighted by Gasteiger charge is 2.33. The molecule has 0 aromatic carbocycles. The maximum Gasteiger partial charge on any atom is 0.162 e. The predicted octanol–water partition coefficient (Wildman–Crippen LogP) is 3.71. The van der Waals surface area contributed by atoms with Crippen LogP contribution in [0.5, 0.6) is 0 Å². The first-order valence-electron chi connectivity index (χ1n) is 11.3. The highest BCUT2D eigenvalue weighted by molar-refractivity contribution is 6.27. The molecular weight excluding hydrogens is 350 g/mol. The molecule has 0 aromatic heterocycles. The van der Waals surface area contributed by atoms with E-state index in [4.69, 9.17) is 4.43 Å². The summed E-state index contributed by atoms with van der Waals surface area (Å²) in [7, 11) is 6.46. The van der Waals surface area contributed by atoms with Gasteiger partial charge in [-0.1, -0.05) is 20.8 Å². The molecule has 0 aliphatic rings. The van der Waals surface area contributed by atoms with Crippen LogP contribution in [-0.2, 0) is 4.43 Å². The minimum absolute atomic E-state index is 0.0197. The largest absolute Gasteiger partial charge is 0.419 e. The van der Waals surface area contributed by atoms with Crippen molar-refractivity contribution in [1.82, 2.24) is 14.7 Å². The van der Waals surface area contributed by atoms with E-state index in [-0.39, 0.29) is 5.60 Å². The Hall–Kier alpha value is 0.0569. The van der Waals surface area contributed by atoms with Crippen LogP contribution in [0, 0.1) is 5.41 Å². The van der Waals surface area contributed by atoms with E-state index < -0.39 is 9.76 Å². The molecule has 0 fully saturated rings. The normalized spacial score (nSPS) is 13.8. The topological polar surface area (TPSA) is 19.0 Å². The van der Waals surface area contributed by atoms with Gasteiger partial charge in [0.15, 0.2) is 9.76 Å². The van der Waals surface area contributed by atoms with E-state index in [1.807, 2.05) is 0 Å². The zero-order chi connectivity index (χ0) is 20.9. The van der Waals surface area contributed by atoms with Crippen molar-refractivity contribution in [1.29, 1.82) is 0 Å². The first-order valence-corrected chi connectivity index (χ1v) is 12.8. The molecule has 0 amide bonds. The average molecular weight is 402 g/mol. The highest BCUT2D eigenvalue weighted by Crippen LogP contribution is 2.29. The van der Waals surface area contributed by atoms with E-state index in [9.17, 15) is 0 Å². The first-order chi connectivity index (χ1) is 12.6. The van der Waals surface area contributed by atoms with Gasteiger partial charge in [-0.3, -0.25) is 0 Å². The van der Waals surface area contributed by atoms with E-state index in [1.54, 1.807) is 0 Å². The molecule has 164 valence electrons. The van der Waals surface area contributed by atoms with Gasteiger partial charge in [-0.2, -0.15) is 0 Å². The van der Waals surface area contributed by atoms with Gasteiger partial charge in [-0.05, 0) is 93.3 Å². The monoisotopic (exact) mass is 401 g/mol. The summed E-state index contributed by atoms with van der Waals surface area (Å²) < 4.78 is 6.18. The maximum atomic E-state index is 6.18. The molecule has 0 aliphatic heterocycles. The second-order valence-corrected chi connectivity index (χ2v) is 11.2. The molecule has 4 nitrogen and oxygen atoms in total. The standard InChI is InChI=1S/C22H51N3OSi/c1-10-14-23(7)18-22(19-24(8)15-11-2,20-25(9)16-12-3)13-17-27-26-21(4,5)6/h10-20,27H2,1-9H3. The fraction of sp³-hybridized carbons (Fsp3) is 1.00. The van der Waals surface area contributed by atoms with Crippen LogP contribution in [0.25, 0.3) is 0 Å². The third-order valence-corrected chi connectivity index (χ3v) is 6.73. The summed E-state index contributed by atoms with van der Waals surface area (Å²) in [5.41, 5.74) is 0.345. The molecule has 5 heteroatoms. The quantitative estimate of drug-likeness (QED) is 0.290. The number of nitrogens with zero attached hydrogens (tertiary/aromatic N) is 3. The first kappa shape index (κ1) is 27.1. The molecule has 0 saturated heterocycles. The molecule has 0 spiro atoms. The third kappa shape index (κ3) is 13.8. The summed E-state index contributed by atoms with van der Waals surface area (Å²) in [6.07, 6.45) is 4.96. The Morgan fingerprint density at radius 1 is 0.704 bits per heavy atom. The fourth-order valence-electron chi connectivity index (χ4n) is 4.31. The average Bonchev–Trinajstić information content (AvgIpc) is 2.51. The van der Waals surface area contributed by atoms with Crippen molar-refractivity contribution in [2.24, 2.45) is 5.41 Å². The van der Waals surface area contributed by atoms with Crippen LogP contribution in [0.1, 0.15) is 67.2 Å². The Kier molecular flexibility index (Phi) is 14.1. The number of hydrogen-bond acceptors (Lipinski definition) is 4. The van der Waals surface area contributed by atoms with E-state index in [2.05, 4.69) is 77.4 Å². The minimum atomic E-state index is -0.464. The summed E-state index contributed by atoms with van der Waals surface area (Å²) in [5.74, 6) is 0. The van der Waals surface area contributed by atoms with E-state index in [1.165, 1.54) is 71.0 Å². The van der Waals surface area contributed by atoms with Crippen molar-refractivity contribution in [3.05, 3.63) is 0 Å². The summed E-state index contributed by atoms with van der Waals surface area (Å²) in [6, 6.07) is 1.27. The lowest BCUT2D eigenvalue weighted by molar-refractivity contribution is 0.0725. The van der Waals surface area contributed by atoms with Crippen molar-refractivity contribution in [3.63, 3.8) is 0 Å². The van der Waals surface area contributed by atoms with Crippen LogP contribution in [0.3, 0.4) is 0 Å².